The quantitative estimate of drug-likeness (QED) is 0.604. The Kier molecular flexibility index (Phi) is 6.30. The number of hydrogen-bond donors (Lipinski definition) is 1. The molecule has 1 N–H and O–H groups in total. The third-order valence-corrected chi connectivity index (χ3v) is 7.94. The Balaban J connectivity index is 1.53. The van der Waals surface area contributed by atoms with Crippen LogP contribution in [0, 0.1) is 12.8 Å². The molecule has 1 amide bonds. The first-order chi connectivity index (χ1) is 14.9. The van der Waals surface area contributed by atoms with E-state index in [1.807, 2.05) is 17.5 Å². The van der Waals surface area contributed by atoms with Crippen LogP contribution in [-0.2, 0) is 14.8 Å². The van der Waals surface area contributed by atoms with Crippen LogP contribution in [0.15, 0.2) is 51.5 Å². The first kappa shape index (κ1) is 21.4. The second-order valence-corrected chi connectivity index (χ2v) is 10.1. The summed E-state index contributed by atoms with van der Waals surface area (Å²) in [5.41, 5.74) is 0.935. The Morgan fingerprint density at radius 3 is 2.84 bits per heavy atom. The molecule has 1 aliphatic heterocycles. The van der Waals surface area contributed by atoms with E-state index in [1.165, 1.54) is 15.6 Å². The lowest BCUT2D eigenvalue weighted by Crippen LogP contribution is -2.43. The summed E-state index contributed by atoms with van der Waals surface area (Å²) in [7, 11) is -3.87. The van der Waals surface area contributed by atoms with Crippen LogP contribution in [0.3, 0.4) is 0 Å². The first-order valence-corrected chi connectivity index (χ1v) is 12.2. The molecule has 1 atom stereocenters. The molecule has 1 saturated heterocycles. The van der Waals surface area contributed by atoms with Crippen molar-refractivity contribution in [3.8, 4) is 0 Å². The molecule has 0 unspecified atom stereocenters. The topological polar surface area (TPSA) is 105 Å². The monoisotopic (exact) mass is 458 g/mol. The minimum atomic E-state index is -3.87. The van der Waals surface area contributed by atoms with Crippen molar-refractivity contribution < 1.29 is 17.7 Å². The molecule has 3 aromatic heterocycles. The van der Waals surface area contributed by atoms with Crippen molar-refractivity contribution in [2.75, 3.05) is 18.4 Å². The van der Waals surface area contributed by atoms with Gasteiger partial charge < -0.3 is 9.84 Å². The van der Waals surface area contributed by atoms with Crippen LogP contribution in [0.4, 0.5) is 5.69 Å². The number of sulfonamides is 1. The fourth-order valence-corrected chi connectivity index (χ4v) is 5.92. The van der Waals surface area contributed by atoms with Crippen LogP contribution in [0.25, 0.3) is 12.2 Å². The highest BCUT2D eigenvalue weighted by Gasteiger charge is 2.36. The zero-order valence-corrected chi connectivity index (χ0v) is 18.5. The lowest BCUT2D eigenvalue weighted by Gasteiger charge is -2.31. The minimum Gasteiger partial charge on any atom is -0.355 e. The summed E-state index contributed by atoms with van der Waals surface area (Å²) < 4.78 is 33.5. The number of amides is 1. The van der Waals surface area contributed by atoms with Crippen LogP contribution in [0.5, 0.6) is 0 Å². The third-order valence-electron chi connectivity index (χ3n) is 5.08. The highest BCUT2D eigenvalue weighted by molar-refractivity contribution is 7.89. The molecule has 0 bridgehead atoms. The largest absolute Gasteiger partial charge is 0.355 e. The molecule has 0 saturated carbocycles. The van der Waals surface area contributed by atoms with Crippen LogP contribution >= 0.6 is 11.3 Å². The normalized spacial score (nSPS) is 17.8. The average molecular weight is 459 g/mol. The number of carbonyl (C=O) groups excluding carboxylic acids is 1. The van der Waals surface area contributed by atoms with E-state index in [9.17, 15) is 13.2 Å². The van der Waals surface area contributed by atoms with Gasteiger partial charge in [0.25, 0.3) is 0 Å². The summed E-state index contributed by atoms with van der Waals surface area (Å²) in [4.78, 5) is 17.7. The van der Waals surface area contributed by atoms with Crippen LogP contribution in [0.1, 0.15) is 29.2 Å². The van der Waals surface area contributed by atoms with Crippen molar-refractivity contribution >= 4 is 45.1 Å². The minimum absolute atomic E-state index is 0.0514. The molecule has 1 aliphatic rings. The molecular formula is C21H22N4O4S2. The van der Waals surface area contributed by atoms with Crippen LogP contribution in [0.2, 0.25) is 0 Å². The SMILES string of the molecule is Cc1noc(/C=C/c2cccs2)c1S(=O)(=O)N1CCC[C@H](C(=O)Nc2ccncc2)C1. The molecule has 3 aromatic rings. The summed E-state index contributed by atoms with van der Waals surface area (Å²) in [6, 6.07) is 7.23. The second kappa shape index (κ2) is 9.13. The van der Waals surface area contributed by atoms with Gasteiger partial charge in [0.15, 0.2) is 10.7 Å². The van der Waals surface area contributed by atoms with Crippen molar-refractivity contribution in [2.45, 2.75) is 24.7 Å². The molecular weight excluding hydrogens is 436 g/mol. The maximum Gasteiger partial charge on any atom is 0.248 e. The van der Waals surface area contributed by atoms with Crippen LogP contribution < -0.4 is 5.32 Å². The second-order valence-electron chi connectivity index (χ2n) is 7.24. The maximum absolute atomic E-state index is 13.4. The molecule has 4 rings (SSSR count). The Labute approximate surface area is 184 Å². The van der Waals surface area contributed by atoms with Gasteiger partial charge >= 0.3 is 0 Å². The molecule has 0 radical (unpaired) electrons. The number of rotatable bonds is 6. The fraction of sp³-hybridized carbons (Fsp3) is 0.286. The molecule has 4 heterocycles. The molecule has 0 aliphatic carbocycles. The van der Waals surface area contributed by atoms with Gasteiger partial charge in [0, 0.05) is 36.0 Å². The zero-order valence-electron chi connectivity index (χ0n) is 16.9. The van der Waals surface area contributed by atoms with Crippen molar-refractivity contribution in [3.63, 3.8) is 0 Å². The van der Waals surface area contributed by atoms with Crippen molar-refractivity contribution in [3.05, 3.63) is 58.4 Å². The number of nitrogens with zero attached hydrogens (tertiary/aromatic N) is 3. The number of aromatic nitrogens is 2. The summed E-state index contributed by atoms with van der Waals surface area (Å²) in [6.07, 6.45) is 7.82. The average Bonchev–Trinajstić information content (AvgIpc) is 3.42. The standard InChI is InChI=1S/C21H22N4O4S2/c1-15-20(19(29-24-15)7-6-18-5-3-13-30-18)31(27,28)25-12-2-4-16(14-25)21(26)23-17-8-10-22-11-9-17/h3,5-11,13,16H,2,4,12,14H2,1H3,(H,22,23,26)/b7-6+/t16-/m0/s1. The number of aryl methyl sites for hydroxylation is 1. The van der Waals surface area contributed by atoms with Gasteiger partial charge in [0.1, 0.15) is 5.69 Å². The Hall–Kier alpha value is -2.82. The van der Waals surface area contributed by atoms with E-state index in [0.29, 0.717) is 30.8 Å². The Bertz CT molecular complexity index is 1170. The molecule has 8 nitrogen and oxygen atoms in total. The van der Waals surface area contributed by atoms with Gasteiger partial charge in [-0.3, -0.25) is 9.78 Å². The van der Waals surface area contributed by atoms with Gasteiger partial charge in [-0.15, -0.1) is 11.3 Å². The molecule has 31 heavy (non-hydrogen) atoms. The summed E-state index contributed by atoms with van der Waals surface area (Å²) >= 11 is 1.54. The van der Waals surface area contributed by atoms with Gasteiger partial charge in [0.05, 0.1) is 5.92 Å². The van der Waals surface area contributed by atoms with Crippen molar-refractivity contribution in [2.24, 2.45) is 5.92 Å². The van der Waals surface area contributed by atoms with E-state index in [1.54, 1.807) is 43.6 Å². The number of carbonyl (C=O) groups is 1. The van der Waals surface area contributed by atoms with Gasteiger partial charge in [-0.05, 0) is 55.5 Å². The van der Waals surface area contributed by atoms with E-state index in [4.69, 9.17) is 4.52 Å². The molecule has 0 spiro atoms. The van der Waals surface area contributed by atoms with Gasteiger partial charge in [-0.1, -0.05) is 11.2 Å². The van der Waals surface area contributed by atoms with Crippen molar-refractivity contribution in [1.29, 1.82) is 0 Å². The van der Waals surface area contributed by atoms with E-state index in [0.717, 1.165) is 4.88 Å². The molecule has 10 heteroatoms. The van der Waals surface area contributed by atoms with Gasteiger partial charge in [0.2, 0.25) is 15.9 Å². The van der Waals surface area contributed by atoms with Gasteiger partial charge in [-0.2, -0.15) is 4.31 Å². The number of nitrogens with one attached hydrogen (secondary N) is 1. The predicted molar refractivity (Wildman–Crippen MR) is 119 cm³/mol. The predicted octanol–water partition coefficient (Wildman–Crippen LogP) is 3.65. The Morgan fingerprint density at radius 2 is 2.10 bits per heavy atom. The number of piperidine rings is 1. The smallest absolute Gasteiger partial charge is 0.248 e. The third kappa shape index (κ3) is 4.76. The highest BCUT2D eigenvalue weighted by Crippen LogP contribution is 2.30. The maximum atomic E-state index is 13.4. The number of pyridine rings is 1. The lowest BCUT2D eigenvalue weighted by atomic mass is 9.99. The summed E-state index contributed by atoms with van der Waals surface area (Å²) in [5.74, 6) is -0.456. The summed E-state index contributed by atoms with van der Waals surface area (Å²) in [5, 5.41) is 8.65. The van der Waals surface area contributed by atoms with E-state index >= 15 is 0 Å². The van der Waals surface area contributed by atoms with E-state index in [2.05, 4.69) is 15.5 Å². The molecule has 162 valence electrons. The Morgan fingerprint density at radius 1 is 1.29 bits per heavy atom. The fourth-order valence-electron chi connectivity index (χ4n) is 3.53. The van der Waals surface area contributed by atoms with Crippen molar-refractivity contribution in [1.82, 2.24) is 14.4 Å². The number of thiophene rings is 1. The van der Waals surface area contributed by atoms with E-state index in [-0.39, 0.29) is 23.1 Å². The van der Waals surface area contributed by atoms with Gasteiger partial charge in [-0.25, -0.2) is 8.42 Å². The number of hydrogen-bond acceptors (Lipinski definition) is 7. The van der Waals surface area contributed by atoms with E-state index < -0.39 is 15.9 Å². The van der Waals surface area contributed by atoms with Crippen LogP contribution in [-0.4, -0.2) is 41.9 Å². The highest BCUT2D eigenvalue weighted by atomic mass is 32.2. The lowest BCUT2D eigenvalue weighted by molar-refractivity contribution is -0.120. The molecule has 1 fully saturated rings. The zero-order chi connectivity index (χ0) is 21.8. The number of anilines is 1. The molecule has 0 aromatic carbocycles. The first-order valence-electron chi connectivity index (χ1n) is 9.84. The summed E-state index contributed by atoms with van der Waals surface area (Å²) in [6.45, 7) is 2.06.